The Labute approximate surface area is 142 Å². The largest absolute Gasteiger partial charge is 0.333 e. The van der Waals surface area contributed by atoms with E-state index in [0.29, 0.717) is 22.6 Å². The second-order valence-electron chi connectivity index (χ2n) is 6.62. The molecule has 1 atom stereocenters. The molecule has 2 fully saturated rings. The number of carbonyl (C=O) groups is 1. The molecule has 2 nitrogen and oxygen atoms in total. The number of amides is 1. The summed E-state index contributed by atoms with van der Waals surface area (Å²) < 4.78 is 0.554. The third-order valence-electron chi connectivity index (χ3n) is 4.63. The van der Waals surface area contributed by atoms with Crippen LogP contribution in [0.1, 0.15) is 54.1 Å². The first-order valence-corrected chi connectivity index (χ1v) is 10.3. The fourth-order valence-corrected chi connectivity index (χ4v) is 5.70. The highest BCUT2D eigenvalue weighted by Crippen LogP contribution is 2.45. The van der Waals surface area contributed by atoms with Crippen molar-refractivity contribution in [2.45, 2.75) is 50.3 Å². The summed E-state index contributed by atoms with van der Waals surface area (Å²) in [5.74, 6) is 3.17. The number of carbonyl (C=O) groups excluding carboxylic acids is 1. The fraction of sp³-hybridized carbons (Fsp3) is 0.611. The number of nitrogens with zero attached hydrogens (tertiary/aromatic N) is 1. The highest BCUT2D eigenvalue weighted by atomic mass is 32.2. The topological polar surface area (TPSA) is 20.3 Å². The Balaban J connectivity index is 1.75. The lowest BCUT2D eigenvalue weighted by atomic mass is 10.0. The second kappa shape index (κ2) is 6.88. The SMILES string of the molecule is CC(C)C(C)N(C(=O)c1ccc(C2SCCS2)cc1)C1CC1. The number of thioether (sulfide) groups is 2. The maximum Gasteiger partial charge on any atom is 0.254 e. The van der Waals surface area contributed by atoms with E-state index < -0.39 is 0 Å². The summed E-state index contributed by atoms with van der Waals surface area (Å²) in [5, 5.41) is 0. The van der Waals surface area contributed by atoms with Gasteiger partial charge in [-0.3, -0.25) is 4.79 Å². The van der Waals surface area contributed by atoms with E-state index in [9.17, 15) is 4.79 Å². The summed E-state index contributed by atoms with van der Waals surface area (Å²) in [6.45, 7) is 6.58. The molecule has 22 heavy (non-hydrogen) atoms. The number of hydrogen-bond donors (Lipinski definition) is 0. The van der Waals surface area contributed by atoms with Crippen LogP contribution in [0.15, 0.2) is 24.3 Å². The predicted molar refractivity (Wildman–Crippen MR) is 97.6 cm³/mol. The Kier molecular flexibility index (Phi) is 5.08. The van der Waals surface area contributed by atoms with E-state index >= 15 is 0 Å². The Bertz CT molecular complexity index is 518. The summed E-state index contributed by atoms with van der Waals surface area (Å²) in [6, 6.07) is 9.12. The van der Waals surface area contributed by atoms with Crippen LogP contribution in [-0.4, -0.2) is 34.4 Å². The van der Waals surface area contributed by atoms with Gasteiger partial charge in [-0.15, -0.1) is 23.5 Å². The highest BCUT2D eigenvalue weighted by Gasteiger charge is 2.37. The molecule has 0 bridgehead atoms. The molecule has 1 aromatic carbocycles. The monoisotopic (exact) mass is 335 g/mol. The molecule has 0 aromatic heterocycles. The first-order chi connectivity index (χ1) is 10.6. The van der Waals surface area contributed by atoms with Gasteiger partial charge >= 0.3 is 0 Å². The summed E-state index contributed by atoms with van der Waals surface area (Å²) in [7, 11) is 0. The van der Waals surface area contributed by atoms with Crippen LogP contribution in [0.4, 0.5) is 0 Å². The summed E-state index contributed by atoms with van der Waals surface area (Å²) in [5.41, 5.74) is 2.19. The highest BCUT2D eigenvalue weighted by molar-refractivity contribution is 8.19. The molecule has 2 aliphatic rings. The first kappa shape index (κ1) is 16.3. The normalized spacial score (nSPS) is 20.4. The van der Waals surface area contributed by atoms with Gasteiger partial charge in [0.1, 0.15) is 0 Å². The van der Waals surface area contributed by atoms with Crippen molar-refractivity contribution in [3.63, 3.8) is 0 Å². The van der Waals surface area contributed by atoms with E-state index in [1.165, 1.54) is 17.1 Å². The Morgan fingerprint density at radius 2 is 1.68 bits per heavy atom. The van der Waals surface area contributed by atoms with Gasteiger partial charge in [0.15, 0.2) is 0 Å². The van der Waals surface area contributed by atoms with Gasteiger partial charge in [0.25, 0.3) is 5.91 Å². The molecule has 1 unspecified atom stereocenters. The van der Waals surface area contributed by atoms with Gasteiger partial charge in [-0.05, 0) is 43.4 Å². The van der Waals surface area contributed by atoms with Crippen LogP contribution in [0.25, 0.3) is 0 Å². The van der Waals surface area contributed by atoms with Crippen molar-refractivity contribution in [3.05, 3.63) is 35.4 Å². The minimum atomic E-state index is 0.210. The Morgan fingerprint density at radius 3 is 2.18 bits per heavy atom. The smallest absolute Gasteiger partial charge is 0.254 e. The molecule has 1 aromatic rings. The zero-order valence-electron chi connectivity index (χ0n) is 13.6. The average molecular weight is 336 g/mol. The van der Waals surface area contributed by atoms with Crippen LogP contribution >= 0.6 is 23.5 Å². The third kappa shape index (κ3) is 3.48. The van der Waals surface area contributed by atoms with Crippen LogP contribution in [-0.2, 0) is 0 Å². The molecule has 120 valence electrons. The van der Waals surface area contributed by atoms with Crippen molar-refractivity contribution in [2.75, 3.05) is 11.5 Å². The van der Waals surface area contributed by atoms with Gasteiger partial charge < -0.3 is 4.90 Å². The van der Waals surface area contributed by atoms with Gasteiger partial charge in [-0.2, -0.15) is 0 Å². The van der Waals surface area contributed by atoms with Gasteiger partial charge in [-0.25, -0.2) is 0 Å². The van der Waals surface area contributed by atoms with Gasteiger partial charge in [-0.1, -0.05) is 26.0 Å². The Hall–Kier alpha value is -0.610. The van der Waals surface area contributed by atoms with Crippen molar-refractivity contribution in [3.8, 4) is 0 Å². The van der Waals surface area contributed by atoms with Crippen LogP contribution in [0.5, 0.6) is 0 Å². The predicted octanol–water partition coefficient (Wildman–Crippen LogP) is 4.81. The fourth-order valence-electron chi connectivity index (χ4n) is 2.84. The lowest BCUT2D eigenvalue weighted by Crippen LogP contribution is -2.43. The molecule has 3 rings (SSSR count). The van der Waals surface area contributed by atoms with E-state index in [0.717, 1.165) is 18.4 Å². The molecule has 1 aliphatic heterocycles. The second-order valence-corrected chi connectivity index (χ2v) is 9.35. The number of rotatable bonds is 5. The minimum absolute atomic E-state index is 0.210. The van der Waals surface area contributed by atoms with E-state index in [4.69, 9.17) is 0 Å². The third-order valence-corrected chi connectivity index (χ3v) is 7.73. The molecule has 4 heteroatoms. The molecular formula is C18H25NOS2. The zero-order valence-corrected chi connectivity index (χ0v) is 15.3. The van der Waals surface area contributed by atoms with Crippen LogP contribution in [0, 0.1) is 5.92 Å². The average Bonchev–Trinajstić information content (AvgIpc) is 3.19. The maximum absolute atomic E-state index is 12.9. The summed E-state index contributed by atoms with van der Waals surface area (Å²) in [6.07, 6.45) is 2.33. The van der Waals surface area contributed by atoms with E-state index in [1.54, 1.807) is 0 Å². The summed E-state index contributed by atoms with van der Waals surface area (Å²) in [4.78, 5) is 15.0. The van der Waals surface area contributed by atoms with Gasteiger partial charge in [0.2, 0.25) is 0 Å². The molecule has 1 saturated heterocycles. The molecule has 1 heterocycles. The molecule has 1 amide bonds. The van der Waals surface area contributed by atoms with Gasteiger partial charge in [0.05, 0.1) is 4.58 Å². The van der Waals surface area contributed by atoms with Crippen molar-refractivity contribution in [1.29, 1.82) is 0 Å². The van der Waals surface area contributed by atoms with Crippen molar-refractivity contribution < 1.29 is 4.79 Å². The molecule has 1 aliphatic carbocycles. The van der Waals surface area contributed by atoms with Gasteiger partial charge in [0, 0.05) is 29.2 Å². The van der Waals surface area contributed by atoms with Crippen molar-refractivity contribution >= 4 is 29.4 Å². The number of hydrogen-bond acceptors (Lipinski definition) is 3. The molecule has 1 saturated carbocycles. The molecular weight excluding hydrogens is 310 g/mol. The standard InChI is InChI=1S/C18H25NOS2/c1-12(2)13(3)19(16-8-9-16)17(20)14-4-6-15(7-5-14)18-21-10-11-22-18/h4-7,12-13,16,18H,8-11H2,1-3H3. The quantitative estimate of drug-likeness (QED) is 0.770. The zero-order chi connectivity index (χ0) is 15.7. The molecule has 0 radical (unpaired) electrons. The van der Waals surface area contributed by atoms with Crippen molar-refractivity contribution in [1.82, 2.24) is 4.90 Å². The van der Waals surface area contributed by atoms with E-state index in [1.807, 2.05) is 35.7 Å². The van der Waals surface area contributed by atoms with E-state index in [2.05, 4.69) is 37.8 Å². The van der Waals surface area contributed by atoms with Crippen LogP contribution < -0.4 is 0 Å². The lowest BCUT2D eigenvalue weighted by Gasteiger charge is -2.32. The first-order valence-electron chi connectivity index (χ1n) is 8.23. The Morgan fingerprint density at radius 1 is 1.09 bits per heavy atom. The number of benzene rings is 1. The molecule has 0 spiro atoms. The minimum Gasteiger partial charge on any atom is -0.333 e. The van der Waals surface area contributed by atoms with E-state index in [-0.39, 0.29) is 5.91 Å². The van der Waals surface area contributed by atoms with Crippen molar-refractivity contribution in [2.24, 2.45) is 5.92 Å². The molecule has 0 N–H and O–H groups in total. The summed E-state index contributed by atoms with van der Waals surface area (Å²) >= 11 is 4.01. The van der Waals surface area contributed by atoms with Crippen LogP contribution in [0.3, 0.4) is 0 Å². The maximum atomic E-state index is 12.9. The van der Waals surface area contributed by atoms with Crippen LogP contribution in [0.2, 0.25) is 0 Å². The lowest BCUT2D eigenvalue weighted by molar-refractivity contribution is 0.0628.